The molecule has 18 heavy (non-hydrogen) atoms. The molecule has 0 saturated carbocycles. The lowest BCUT2D eigenvalue weighted by molar-refractivity contribution is -0.131. The summed E-state index contributed by atoms with van der Waals surface area (Å²) in [6.45, 7) is 3.08. The summed E-state index contributed by atoms with van der Waals surface area (Å²) < 4.78 is 10.00. The number of rotatable bonds is 2. The second-order valence-corrected chi connectivity index (χ2v) is 4.54. The van der Waals surface area contributed by atoms with Crippen LogP contribution in [0.1, 0.15) is 24.8 Å². The first-order valence-corrected chi connectivity index (χ1v) is 5.81. The van der Waals surface area contributed by atoms with E-state index in [9.17, 15) is 9.59 Å². The monoisotopic (exact) mass is 266 g/mol. The van der Waals surface area contributed by atoms with Gasteiger partial charge in [0, 0.05) is 24.4 Å². The fourth-order valence-electron chi connectivity index (χ4n) is 1.73. The molecule has 1 aromatic heterocycles. The molecule has 0 bridgehead atoms. The molecule has 0 N–H and O–H groups in total. The molecule has 0 aliphatic carbocycles. The molecule has 2 aromatic rings. The molecule has 1 atom stereocenters. The van der Waals surface area contributed by atoms with Gasteiger partial charge in [0.25, 0.3) is 0 Å². The van der Waals surface area contributed by atoms with Gasteiger partial charge in [-0.05, 0) is 24.6 Å². The van der Waals surface area contributed by atoms with Crippen LogP contribution < -0.4 is 10.4 Å². The molecule has 4 nitrogen and oxygen atoms in total. The minimum absolute atomic E-state index is 0.309. The molecular formula is C13H11ClO4. The topological polar surface area (TPSA) is 56.5 Å². The van der Waals surface area contributed by atoms with Gasteiger partial charge in [0.15, 0.2) is 0 Å². The van der Waals surface area contributed by atoms with Gasteiger partial charge in [-0.3, -0.25) is 4.79 Å². The van der Waals surface area contributed by atoms with E-state index in [0.717, 1.165) is 5.39 Å². The molecule has 0 spiro atoms. The number of halogens is 1. The number of carbonyl (C=O) groups is 1. The van der Waals surface area contributed by atoms with E-state index in [0.29, 0.717) is 16.9 Å². The molecule has 2 rings (SSSR count). The number of fused-ring (bicyclic) bond motifs is 1. The minimum atomic E-state index is -0.482. The smallest absolute Gasteiger partial charge is 0.336 e. The van der Waals surface area contributed by atoms with Crippen molar-refractivity contribution < 1.29 is 13.9 Å². The molecule has 0 aliphatic rings. The average Bonchev–Trinajstić information content (AvgIpc) is 2.26. The standard InChI is InChI=1S/C13H11ClO4/c1-7(14)11-6-13(16)18-12-5-9(17-8(2)15)3-4-10(11)12/h3-7H,1-2H3/t7-/m1/s1. The van der Waals surface area contributed by atoms with Crippen molar-refractivity contribution in [2.24, 2.45) is 0 Å². The Balaban J connectivity index is 2.64. The number of esters is 1. The number of hydrogen-bond donors (Lipinski definition) is 0. The van der Waals surface area contributed by atoms with Gasteiger partial charge in [0.05, 0.1) is 5.38 Å². The molecular weight excluding hydrogens is 256 g/mol. The van der Waals surface area contributed by atoms with Crippen LogP contribution in [0.3, 0.4) is 0 Å². The van der Waals surface area contributed by atoms with Gasteiger partial charge < -0.3 is 9.15 Å². The molecule has 0 unspecified atom stereocenters. The van der Waals surface area contributed by atoms with Crippen LogP contribution in [0.5, 0.6) is 5.75 Å². The maximum Gasteiger partial charge on any atom is 0.336 e. The first kappa shape index (κ1) is 12.6. The van der Waals surface area contributed by atoms with Gasteiger partial charge in [0.1, 0.15) is 11.3 Å². The van der Waals surface area contributed by atoms with Crippen molar-refractivity contribution in [3.8, 4) is 5.75 Å². The lowest BCUT2D eigenvalue weighted by Crippen LogP contribution is -2.03. The Kier molecular flexibility index (Phi) is 3.39. The maximum atomic E-state index is 11.4. The third-order valence-corrected chi connectivity index (χ3v) is 2.67. The van der Waals surface area contributed by atoms with E-state index in [1.165, 1.54) is 19.1 Å². The Morgan fingerprint density at radius 2 is 2.11 bits per heavy atom. The number of carbonyl (C=O) groups excluding carboxylic acids is 1. The van der Waals surface area contributed by atoms with Crippen molar-refractivity contribution in [3.63, 3.8) is 0 Å². The SMILES string of the molecule is CC(=O)Oc1ccc2c([C@@H](C)Cl)cc(=O)oc2c1. The van der Waals surface area contributed by atoms with Crippen LogP contribution in [0.25, 0.3) is 11.0 Å². The summed E-state index contributed by atoms with van der Waals surface area (Å²) in [5.41, 5.74) is 0.561. The van der Waals surface area contributed by atoms with Crippen LogP contribution in [0.4, 0.5) is 0 Å². The van der Waals surface area contributed by atoms with Crippen molar-refractivity contribution in [2.45, 2.75) is 19.2 Å². The Hall–Kier alpha value is -1.81. The van der Waals surface area contributed by atoms with Gasteiger partial charge in [-0.15, -0.1) is 11.6 Å². The zero-order valence-corrected chi connectivity index (χ0v) is 10.7. The van der Waals surface area contributed by atoms with Gasteiger partial charge in [0.2, 0.25) is 0 Å². The largest absolute Gasteiger partial charge is 0.427 e. The van der Waals surface area contributed by atoms with Gasteiger partial charge in [-0.25, -0.2) is 4.79 Å². The molecule has 0 amide bonds. The number of ether oxygens (including phenoxy) is 1. The third kappa shape index (κ3) is 2.54. The highest BCUT2D eigenvalue weighted by atomic mass is 35.5. The Bertz CT molecular complexity index is 658. The number of benzene rings is 1. The highest BCUT2D eigenvalue weighted by Gasteiger charge is 2.11. The van der Waals surface area contributed by atoms with Crippen molar-refractivity contribution in [3.05, 3.63) is 40.2 Å². The lowest BCUT2D eigenvalue weighted by Gasteiger charge is -2.08. The predicted molar refractivity (Wildman–Crippen MR) is 68.1 cm³/mol. The van der Waals surface area contributed by atoms with Crippen molar-refractivity contribution in [1.82, 2.24) is 0 Å². The van der Waals surface area contributed by atoms with Crippen LogP contribution in [-0.4, -0.2) is 5.97 Å². The van der Waals surface area contributed by atoms with E-state index in [2.05, 4.69) is 0 Å². The summed E-state index contributed by atoms with van der Waals surface area (Å²) in [6, 6.07) is 6.21. The highest BCUT2D eigenvalue weighted by Crippen LogP contribution is 2.29. The van der Waals surface area contributed by atoms with Gasteiger partial charge in [-0.2, -0.15) is 0 Å². The van der Waals surface area contributed by atoms with Crippen LogP contribution >= 0.6 is 11.6 Å². The lowest BCUT2D eigenvalue weighted by atomic mass is 10.1. The van der Waals surface area contributed by atoms with E-state index in [-0.39, 0.29) is 5.38 Å². The fourth-order valence-corrected chi connectivity index (χ4v) is 1.91. The molecule has 0 saturated heterocycles. The molecule has 0 aliphatic heterocycles. The number of alkyl halides is 1. The summed E-state index contributed by atoms with van der Waals surface area (Å²) in [5, 5.41) is 0.421. The molecule has 1 aromatic carbocycles. The molecule has 1 heterocycles. The van der Waals surface area contributed by atoms with Crippen molar-refractivity contribution >= 4 is 28.5 Å². The van der Waals surface area contributed by atoms with E-state index in [4.69, 9.17) is 20.8 Å². The van der Waals surface area contributed by atoms with E-state index >= 15 is 0 Å². The summed E-state index contributed by atoms with van der Waals surface area (Å²) in [6.07, 6.45) is 0. The Labute approximate surface area is 108 Å². The second-order valence-electron chi connectivity index (χ2n) is 3.89. The van der Waals surface area contributed by atoms with Gasteiger partial charge in [-0.1, -0.05) is 0 Å². The van der Waals surface area contributed by atoms with E-state index in [1.807, 2.05) is 0 Å². The number of hydrogen-bond acceptors (Lipinski definition) is 4. The first-order chi connectivity index (χ1) is 8.47. The highest BCUT2D eigenvalue weighted by molar-refractivity contribution is 6.21. The normalized spacial score (nSPS) is 12.4. The van der Waals surface area contributed by atoms with Crippen LogP contribution in [-0.2, 0) is 4.79 Å². The predicted octanol–water partition coefficient (Wildman–Crippen LogP) is 3.02. The van der Waals surface area contributed by atoms with Gasteiger partial charge >= 0.3 is 11.6 Å². The van der Waals surface area contributed by atoms with Crippen molar-refractivity contribution in [1.29, 1.82) is 0 Å². The molecule has 5 heteroatoms. The summed E-state index contributed by atoms with van der Waals surface area (Å²) in [5.74, 6) is -0.101. The minimum Gasteiger partial charge on any atom is -0.427 e. The summed E-state index contributed by atoms with van der Waals surface area (Å²) in [4.78, 5) is 22.3. The fraction of sp³-hybridized carbons (Fsp3) is 0.231. The van der Waals surface area contributed by atoms with Crippen molar-refractivity contribution in [2.75, 3.05) is 0 Å². The van der Waals surface area contributed by atoms with Crippen LogP contribution in [0.15, 0.2) is 33.5 Å². The Morgan fingerprint density at radius 1 is 1.39 bits per heavy atom. The second kappa shape index (κ2) is 4.82. The molecule has 0 fully saturated rings. The maximum absolute atomic E-state index is 11.4. The van der Waals surface area contributed by atoms with Crippen LogP contribution in [0.2, 0.25) is 0 Å². The zero-order valence-electron chi connectivity index (χ0n) is 9.90. The van der Waals surface area contributed by atoms with E-state index < -0.39 is 11.6 Å². The average molecular weight is 267 g/mol. The molecule has 0 radical (unpaired) electrons. The zero-order chi connectivity index (χ0) is 13.3. The first-order valence-electron chi connectivity index (χ1n) is 5.37. The summed E-state index contributed by atoms with van der Waals surface area (Å²) >= 11 is 6.01. The summed E-state index contributed by atoms with van der Waals surface area (Å²) in [7, 11) is 0. The third-order valence-electron chi connectivity index (χ3n) is 2.44. The quantitative estimate of drug-likeness (QED) is 0.363. The van der Waals surface area contributed by atoms with Crippen LogP contribution in [0, 0.1) is 0 Å². The molecule has 94 valence electrons. The Morgan fingerprint density at radius 3 is 2.72 bits per heavy atom. The van der Waals surface area contributed by atoms with E-state index in [1.54, 1.807) is 19.1 Å².